The van der Waals surface area contributed by atoms with Gasteiger partial charge in [0.15, 0.2) is 0 Å². The molecule has 0 saturated heterocycles. The molecule has 0 radical (unpaired) electrons. The molecule has 0 rings (SSSR count). The van der Waals surface area contributed by atoms with Gasteiger partial charge in [0.05, 0.1) is 6.04 Å². The lowest BCUT2D eigenvalue weighted by Gasteiger charge is -2.22. The van der Waals surface area contributed by atoms with Crippen LogP contribution in [0.15, 0.2) is 0 Å². The number of nitrogens with one attached hydrogen (secondary N) is 3. The van der Waals surface area contributed by atoms with E-state index in [1.807, 2.05) is 0 Å². The molecule has 164 valence electrons. The minimum absolute atomic E-state index is 0.198. The monoisotopic (exact) mass is 419 g/mol. The van der Waals surface area contributed by atoms with Crippen molar-refractivity contribution in [2.45, 2.75) is 57.2 Å². The summed E-state index contributed by atoms with van der Waals surface area (Å²) in [4.78, 5) is 66.9. The molecule has 0 aliphatic carbocycles. The highest BCUT2D eigenvalue weighted by Gasteiger charge is 2.25. The van der Waals surface area contributed by atoms with Gasteiger partial charge in [0.25, 0.3) is 0 Å². The van der Waals surface area contributed by atoms with Crippen LogP contribution >= 0.6 is 0 Å². The summed E-state index contributed by atoms with van der Waals surface area (Å²) in [5.74, 6) is -6.46. The van der Waals surface area contributed by atoms with Crippen LogP contribution < -0.4 is 16.0 Å². The maximum atomic E-state index is 12.1. The van der Waals surface area contributed by atoms with Gasteiger partial charge in [-0.1, -0.05) is 0 Å². The molecule has 2 amide bonds. The molecule has 0 saturated carbocycles. The Morgan fingerprint density at radius 3 is 1.66 bits per heavy atom. The molecule has 0 aromatic rings. The molecule has 0 aliphatic rings. The van der Waals surface area contributed by atoms with E-state index < -0.39 is 73.1 Å². The van der Waals surface area contributed by atoms with E-state index in [2.05, 4.69) is 16.0 Å². The molecular formula is C16H25N3O10. The van der Waals surface area contributed by atoms with Crippen molar-refractivity contribution in [1.82, 2.24) is 16.0 Å². The first-order valence-electron chi connectivity index (χ1n) is 8.61. The van der Waals surface area contributed by atoms with E-state index in [1.54, 1.807) is 0 Å². The van der Waals surface area contributed by atoms with Crippen LogP contribution in [0.3, 0.4) is 0 Å². The van der Waals surface area contributed by atoms with Gasteiger partial charge in [-0.05, 0) is 12.8 Å². The number of rotatable bonds is 15. The van der Waals surface area contributed by atoms with Gasteiger partial charge in [0.2, 0.25) is 11.8 Å². The van der Waals surface area contributed by atoms with Crippen LogP contribution in [0.1, 0.15) is 39.0 Å². The topological polar surface area (TPSA) is 219 Å². The Balaban J connectivity index is 4.90. The van der Waals surface area contributed by atoms with Gasteiger partial charge in [-0.2, -0.15) is 0 Å². The Morgan fingerprint density at radius 2 is 1.24 bits per heavy atom. The molecule has 3 unspecified atom stereocenters. The van der Waals surface area contributed by atoms with E-state index in [4.69, 9.17) is 20.4 Å². The zero-order chi connectivity index (χ0) is 22.6. The number of aliphatic carboxylic acids is 4. The average molecular weight is 419 g/mol. The Kier molecular flexibility index (Phi) is 11.6. The fourth-order valence-corrected chi connectivity index (χ4v) is 2.33. The lowest BCUT2D eigenvalue weighted by molar-refractivity contribution is -0.144. The predicted molar refractivity (Wildman–Crippen MR) is 95.0 cm³/mol. The molecule has 29 heavy (non-hydrogen) atoms. The van der Waals surface area contributed by atoms with Crippen molar-refractivity contribution in [2.75, 3.05) is 6.54 Å². The van der Waals surface area contributed by atoms with E-state index in [0.29, 0.717) is 0 Å². The molecule has 0 aromatic carbocycles. The highest BCUT2D eigenvalue weighted by molar-refractivity contribution is 5.84. The first-order valence-corrected chi connectivity index (χ1v) is 8.61. The van der Waals surface area contributed by atoms with Gasteiger partial charge in [-0.25, -0.2) is 4.79 Å². The molecule has 3 atom stereocenters. The number of carboxylic acid groups (broad SMARTS) is 4. The summed E-state index contributed by atoms with van der Waals surface area (Å²) < 4.78 is 0. The fourth-order valence-electron chi connectivity index (χ4n) is 2.33. The summed E-state index contributed by atoms with van der Waals surface area (Å²) in [6, 6.07) is -3.58. The average Bonchev–Trinajstić information content (AvgIpc) is 2.56. The second-order valence-electron chi connectivity index (χ2n) is 6.22. The predicted octanol–water partition coefficient (Wildman–Crippen LogP) is -1.78. The van der Waals surface area contributed by atoms with Crippen LogP contribution in [0.4, 0.5) is 0 Å². The van der Waals surface area contributed by atoms with Gasteiger partial charge >= 0.3 is 23.9 Å². The molecular weight excluding hydrogens is 394 g/mol. The van der Waals surface area contributed by atoms with Gasteiger partial charge in [-0.15, -0.1) is 0 Å². The van der Waals surface area contributed by atoms with Crippen LogP contribution in [0, 0.1) is 0 Å². The normalized spacial score (nSPS) is 13.6. The molecule has 13 heteroatoms. The van der Waals surface area contributed by atoms with Crippen molar-refractivity contribution in [3.05, 3.63) is 0 Å². The van der Waals surface area contributed by atoms with E-state index >= 15 is 0 Å². The lowest BCUT2D eigenvalue weighted by Crippen LogP contribution is -2.50. The summed E-state index contributed by atoms with van der Waals surface area (Å²) in [6.45, 7) is 0.966. The van der Waals surface area contributed by atoms with Gasteiger partial charge in [0.1, 0.15) is 12.1 Å². The Morgan fingerprint density at radius 1 is 0.759 bits per heavy atom. The second-order valence-corrected chi connectivity index (χ2v) is 6.22. The Hall–Kier alpha value is -3.22. The molecule has 13 nitrogen and oxygen atoms in total. The smallest absolute Gasteiger partial charge is 0.326 e. The number of amides is 2. The number of hydrogen-bond acceptors (Lipinski definition) is 7. The number of carbonyl (C=O) groups is 6. The maximum Gasteiger partial charge on any atom is 0.326 e. The highest BCUT2D eigenvalue weighted by Crippen LogP contribution is 2.02. The van der Waals surface area contributed by atoms with Crippen molar-refractivity contribution in [1.29, 1.82) is 0 Å². The number of hydrogen-bond donors (Lipinski definition) is 7. The van der Waals surface area contributed by atoms with Crippen LogP contribution in [-0.2, 0) is 28.8 Å². The summed E-state index contributed by atoms with van der Waals surface area (Å²) >= 11 is 0. The van der Waals surface area contributed by atoms with Crippen molar-refractivity contribution in [3.63, 3.8) is 0 Å². The molecule has 7 N–H and O–H groups in total. The third-order valence-corrected chi connectivity index (χ3v) is 3.67. The molecule has 0 spiro atoms. The van der Waals surface area contributed by atoms with Crippen molar-refractivity contribution in [2.24, 2.45) is 0 Å². The van der Waals surface area contributed by atoms with E-state index in [0.717, 1.165) is 6.92 Å². The number of carboxylic acids is 4. The largest absolute Gasteiger partial charge is 0.481 e. The van der Waals surface area contributed by atoms with Crippen molar-refractivity contribution in [3.8, 4) is 0 Å². The van der Waals surface area contributed by atoms with E-state index in [9.17, 15) is 28.8 Å². The minimum Gasteiger partial charge on any atom is -0.481 e. The first-order chi connectivity index (χ1) is 13.4. The molecule has 0 fully saturated rings. The summed E-state index contributed by atoms with van der Waals surface area (Å²) in [5, 5.41) is 42.5. The van der Waals surface area contributed by atoms with Gasteiger partial charge in [0, 0.05) is 32.7 Å². The molecule has 0 heterocycles. The van der Waals surface area contributed by atoms with E-state index in [-0.39, 0.29) is 19.4 Å². The highest BCUT2D eigenvalue weighted by atomic mass is 16.4. The van der Waals surface area contributed by atoms with Crippen molar-refractivity contribution >= 4 is 35.7 Å². The first kappa shape index (κ1) is 25.8. The summed E-state index contributed by atoms with van der Waals surface area (Å²) in [6.07, 6.45) is -1.85. The third kappa shape index (κ3) is 12.7. The van der Waals surface area contributed by atoms with Crippen LogP contribution in [-0.4, -0.2) is 80.8 Å². The molecule has 0 aliphatic heterocycles. The van der Waals surface area contributed by atoms with Gasteiger partial charge in [-0.3, -0.25) is 24.0 Å². The minimum atomic E-state index is -1.44. The second kappa shape index (κ2) is 13.0. The standard InChI is InChI=1S/C16H25N3O10/c1-8(20)18-9(7-17-10(15(26)27)2-4-13(22)23)6-12(21)19-11(16(28)29)3-5-14(24)25/h9-11,17H,2-7H2,1H3,(H,18,20)(H,19,21)(H,22,23)(H,24,25)(H,26,27)(H,28,29). The van der Waals surface area contributed by atoms with Crippen LogP contribution in [0.25, 0.3) is 0 Å². The fraction of sp³-hybridized carbons (Fsp3) is 0.625. The zero-order valence-corrected chi connectivity index (χ0v) is 15.7. The number of carbonyl (C=O) groups excluding carboxylic acids is 2. The lowest BCUT2D eigenvalue weighted by atomic mass is 10.1. The molecule has 0 aromatic heterocycles. The summed E-state index contributed by atoms with van der Waals surface area (Å²) in [5.41, 5.74) is 0. The van der Waals surface area contributed by atoms with Crippen molar-refractivity contribution < 1.29 is 49.2 Å². The van der Waals surface area contributed by atoms with Gasteiger partial charge < -0.3 is 36.4 Å². The maximum absolute atomic E-state index is 12.1. The Bertz CT molecular complexity index is 636. The SMILES string of the molecule is CC(=O)NC(CNC(CCC(=O)O)C(=O)O)CC(=O)NC(CCC(=O)O)C(=O)O. The zero-order valence-electron chi connectivity index (χ0n) is 15.7. The van der Waals surface area contributed by atoms with E-state index in [1.165, 1.54) is 0 Å². The van der Waals surface area contributed by atoms with Crippen LogP contribution in [0.5, 0.6) is 0 Å². The third-order valence-electron chi connectivity index (χ3n) is 3.67. The summed E-state index contributed by atoms with van der Waals surface area (Å²) in [7, 11) is 0. The van der Waals surface area contributed by atoms with Crippen LogP contribution in [0.2, 0.25) is 0 Å². The Labute approximate surface area is 165 Å². The quantitative estimate of drug-likeness (QED) is 0.157. The molecule has 0 bridgehead atoms.